The van der Waals surface area contributed by atoms with Gasteiger partial charge in [0.05, 0.1) is 0 Å². The summed E-state index contributed by atoms with van der Waals surface area (Å²) >= 11 is -2.58. The Morgan fingerprint density at radius 1 is 0.889 bits per heavy atom. The molecule has 9 heavy (non-hydrogen) atoms. The minimum Gasteiger partial charge on any atom is -0.339 e. The lowest BCUT2D eigenvalue weighted by atomic mass is 15.8. The van der Waals surface area contributed by atoms with Gasteiger partial charge in [-0.25, -0.2) is 0 Å². The quantitative estimate of drug-likeness (QED) is 0.314. The van der Waals surface area contributed by atoms with Crippen LogP contribution in [0.4, 0.5) is 0 Å². The van der Waals surface area contributed by atoms with Gasteiger partial charge in [-0.05, 0) is 0 Å². The maximum absolute atomic E-state index is 9.91. The molecule has 0 fully saturated rings. The molecule has 0 bridgehead atoms. The highest BCUT2D eigenvalue weighted by Crippen LogP contribution is 2.48. The first-order chi connectivity index (χ1) is 3.71. The van der Waals surface area contributed by atoms with Gasteiger partial charge in [0.2, 0.25) is 12.5 Å². The van der Waals surface area contributed by atoms with Crippen molar-refractivity contribution in [2.75, 3.05) is 0 Å². The largest absolute Gasteiger partial charge is 0.600 e. The summed E-state index contributed by atoms with van der Waals surface area (Å²) in [6, 6.07) is 0. The van der Waals surface area contributed by atoms with E-state index in [0.717, 1.165) is 0 Å². The molecule has 0 spiro atoms. The van der Waals surface area contributed by atoms with E-state index < -0.39 is 26.8 Å². The molecule has 0 radical (unpaired) electrons. The van der Waals surface area contributed by atoms with E-state index in [1.165, 1.54) is 0 Å². The monoisotopic (exact) mass is 190 g/mol. The van der Waals surface area contributed by atoms with Gasteiger partial charge in [0.25, 0.3) is 0 Å². The second-order valence-electron chi connectivity index (χ2n) is 1.47. The number of rotatable bonds is 2. The first-order valence-electron chi connectivity index (χ1n) is 1.80. The zero-order chi connectivity index (χ0) is 7.71. The van der Waals surface area contributed by atoms with Gasteiger partial charge in [0, 0.05) is 0 Å². The summed E-state index contributed by atoms with van der Waals surface area (Å²) in [7, 11) is 0. The van der Waals surface area contributed by atoms with E-state index in [4.69, 9.17) is 19.6 Å². The van der Waals surface area contributed by atoms with Gasteiger partial charge in [-0.15, -0.1) is 0 Å². The fourth-order valence-corrected chi connectivity index (χ4v) is 6.48. The molecule has 0 aliphatic carbocycles. The van der Waals surface area contributed by atoms with Crippen molar-refractivity contribution in [2.24, 2.45) is 0 Å². The molecule has 0 aromatic carbocycles. The summed E-state index contributed by atoms with van der Waals surface area (Å²) in [5.74, 6) is 0. The Morgan fingerprint density at radius 3 is 1.11 bits per heavy atom. The van der Waals surface area contributed by atoms with Gasteiger partial charge in [0.1, 0.15) is 0 Å². The van der Waals surface area contributed by atoms with Crippen molar-refractivity contribution in [3.05, 3.63) is 0 Å². The fraction of sp³-hybridized carbons (Fsp3) is 0. The Hall–Kier alpha value is 0.832. The molecule has 0 saturated heterocycles. The predicted molar refractivity (Wildman–Crippen MR) is 31.2 cm³/mol. The topological polar surface area (TPSA) is 115 Å². The van der Waals surface area contributed by atoms with Crippen LogP contribution in [-0.4, -0.2) is 33.9 Å². The van der Waals surface area contributed by atoms with Crippen LogP contribution in [0.3, 0.4) is 0 Å². The molecule has 0 amide bonds. The molecule has 0 atom stereocenters. The highest BCUT2D eigenvalue weighted by atomic mass is 31.6. The summed E-state index contributed by atoms with van der Waals surface area (Å²) in [6.07, 6.45) is -8.82. The second kappa shape index (κ2) is 2.83. The van der Waals surface area contributed by atoms with Crippen LogP contribution < -0.4 is 0 Å². The Labute approximate surface area is 56.1 Å². The Bertz CT molecular complexity index is 151. The van der Waals surface area contributed by atoms with Crippen LogP contribution in [0, 0.1) is 0 Å². The van der Waals surface area contributed by atoms with Gasteiger partial charge in [0.15, 0.2) is 0 Å². The number of hydrogen-bond donors (Lipinski definition) is 4. The van der Waals surface area contributed by atoms with Crippen molar-refractivity contribution in [1.29, 1.82) is 0 Å². The molecule has 0 aromatic heterocycles. The Balaban J connectivity index is 4.07. The first-order valence-corrected chi connectivity index (χ1v) is 9.19. The number of hydrogen-bond acceptors (Lipinski definition) is 2. The third-order valence-corrected chi connectivity index (χ3v) is 9.95. The average Bonchev–Trinajstić information content (AvgIpc) is 1.14. The van der Waals surface area contributed by atoms with Crippen molar-refractivity contribution in [3.63, 3.8) is 0 Å². The predicted octanol–water partition coefficient (Wildman–Crippen LogP) is -1.39. The molecular weight excluding hydrogens is 185 g/mol. The molecule has 0 aliphatic rings. The van der Waals surface area contributed by atoms with E-state index in [-0.39, 0.29) is 0 Å². The van der Waals surface area contributed by atoms with E-state index in [2.05, 4.69) is 0 Å². The van der Waals surface area contributed by atoms with Crippen molar-refractivity contribution >= 4 is 26.8 Å². The Kier molecular flexibility index (Phi) is 3.09. The van der Waals surface area contributed by atoms with Gasteiger partial charge in [-0.2, -0.15) is 0 Å². The van der Waals surface area contributed by atoms with Crippen LogP contribution in [0.25, 0.3) is 0 Å². The summed E-state index contributed by atoms with van der Waals surface area (Å²) in [5.41, 5.74) is 0. The van der Waals surface area contributed by atoms with Crippen molar-refractivity contribution in [2.45, 2.75) is 0 Å². The zero-order valence-electron chi connectivity index (χ0n) is 4.21. The smallest absolute Gasteiger partial charge is 0.339 e. The van der Waals surface area contributed by atoms with E-state index in [1.54, 1.807) is 0 Å². The standard InChI is InChI=1S/Al.2HO3P.H/c;2*1-4(2)3;/h;2*(H-,1,2,3);/q-2;;;/p+2. The molecule has 0 unspecified atom stereocenters. The van der Waals surface area contributed by atoms with Gasteiger partial charge >= 0.3 is 14.3 Å². The molecule has 0 rings (SSSR count). The summed E-state index contributed by atoms with van der Waals surface area (Å²) in [5, 5.41) is 0. The molecule has 0 heterocycles. The zero-order valence-corrected chi connectivity index (χ0v) is 7.41. The van der Waals surface area contributed by atoms with Crippen LogP contribution in [0.15, 0.2) is 0 Å². The Morgan fingerprint density at radius 2 is 1.11 bits per heavy atom. The summed E-state index contributed by atoms with van der Waals surface area (Å²) in [6.45, 7) is 0. The lowest BCUT2D eigenvalue weighted by molar-refractivity contribution is 0.386. The molecule has 0 saturated carbocycles. The van der Waals surface area contributed by atoms with E-state index in [0.29, 0.717) is 0 Å². The first kappa shape index (κ1) is 9.83. The molecule has 54 valence electrons. The molecule has 4 N–H and O–H groups in total. The van der Waals surface area contributed by atoms with Crippen LogP contribution in [0.2, 0.25) is 0 Å². The van der Waals surface area contributed by atoms with Gasteiger partial charge < -0.3 is 19.6 Å². The molecule has 0 aromatic rings. The van der Waals surface area contributed by atoms with Crippen LogP contribution >= 0.6 is 12.5 Å². The van der Waals surface area contributed by atoms with E-state index in [1.807, 2.05) is 0 Å². The summed E-state index contributed by atoms with van der Waals surface area (Å²) in [4.78, 5) is 32.1. The minimum absolute atomic E-state index is 2.58. The van der Waals surface area contributed by atoms with E-state index in [9.17, 15) is 9.13 Å². The lowest BCUT2D eigenvalue weighted by Crippen LogP contribution is -1.93. The lowest BCUT2D eigenvalue weighted by Gasteiger charge is -2.01. The third kappa shape index (κ3) is 8.83. The maximum atomic E-state index is 9.91. The average molecular weight is 190 g/mol. The second-order valence-corrected chi connectivity index (χ2v) is 12.7. The van der Waals surface area contributed by atoms with Gasteiger partial charge in [-0.1, -0.05) is 0 Å². The molecule has 9 heteroatoms. The highest BCUT2D eigenvalue weighted by Gasteiger charge is 2.33. The molecular formula is H5AlO6P2. The van der Waals surface area contributed by atoms with Crippen LogP contribution in [0.5, 0.6) is 0 Å². The van der Waals surface area contributed by atoms with Crippen LogP contribution in [-0.2, 0) is 9.13 Å². The van der Waals surface area contributed by atoms with Crippen molar-refractivity contribution in [3.8, 4) is 0 Å². The fourth-order valence-electron chi connectivity index (χ4n) is 0.240. The van der Waals surface area contributed by atoms with Gasteiger partial charge in [-0.3, -0.25) is 9.13 Å². The maximum Gasteiger partial charge on any atom is 0.600 e. The highest BCUT2D eigenvalue weighted by molar-refractivity contribution is 8.11. The molecule has 6 nitrogen and oxygen atoms in total. The normalized spacial score (nSPS) is 13.3. The minimum atomic E-state index is -4.41. The third-order valence-electron chi connectivity index (χ3n) is 0.368. The van der Waals surface area contributed by atoms with Crippen LogP contribution in [0.1, 0.15) is 0 Å². The van der Waals surface area contributed by atoms with Crippen molar-refractivity contribution in [1.82, 2.24) is 0 Å². The SMILES string of the molecule is O=[P](O)(O)[AlH][P](=O)(O)O. The van der Waals surface area contributed by atoms with Crippen molar-refractivity contribution < 1.29 is 28.7 Å². The molecule has 0 aliphatic heterocycles. The summed E-state index contributed by atoms with van der Waals surface area (Å²) < 4.78 is 19.8. The van der Waals surface area contributed by atoms with E-state index >= 15 is 0 Å².